The standard InChI is InChI=1S/C19H21F2NO3/c1-24-17-7-6-13(10-18(17)25-19(20)21)11-22-9-8-14-4-2-3-5-15(14)16(22)12-23/h2-7,10,16,19,23H,8-9,11-12H2,1H3. The highest BCUT2D eigenvalue weighted by atomic mass is 19.3. The van der Waals surface area contributed by atoms with Crippen molar-refractivity contribution in [3.63, 3.8) is 0 Å². The average Bonchev–Trinajstić information content (AvgIpc) is 2.61. The van der Waals surface area contributed by atoms with E-state index in [4.69, 9.17) is 4.74 Å². The van der Waals surface area contributed by atoms with E-state index < -0.39 is 6.61 Å². The van der Waals surface area contributed by atoms with Gasteiger partial charge in [-0.1, -0.05) is 30.3 Å². The molecule has 1 atom stereocenters. The first-order valence-corrected chi connectivity index (χ1v) is 8.16. The topological polar surface area (TPSA) is 41.9 Å². The molecule has 3 rings (SSSR count). The Kier molecular flexibility index (Phi) is 5.50. The van der Waals surface area contributed by atoms with Crippen molar-refractivity contribution in [1.29, 1.82) is 0 Å². The summed E-state index contributed by atoms with van der Waals surface area (Å²) in [6.45, 7) is -1.58. The van der Waals surface area contributed by atoms with E-state index in [2.05, 4.69) is 15.7 Å². The van der Waals surface area contributed by atoms with E-state index in [1.807, 2.05) is 24.3 Å². The first-order valence-electron chi connectivity index (χ1n) is 8.16. The maximum Gasteiger partial charge on any atom is 0.387 e. The number of alkyl halides is 2. The third-order valence-electron chi connectivity index (χ3n) is 4.53. The van der Waals surface area contributed by atoms with Crippen molar-refractivity contribution in [1.82, 2.24) is 4.90 Å². The SMILES string of the molecule is COc1ccc(CN2CCc3ccccc3C2CO)cc1OC(F)F. The lowest BCUT2D eigenvalue weighted by Gasteiger charge is -2.36. The van der Waals surface area contributed by atoms with Crippen molar-refractivity contribution in [3.05, 3.63) is 59.2 Å². The Morgan fingerprint density at radius 1 is 1.20 bits per heavy atom. The smallest absolute Gasteiger partial charge is 0.387 e. The van der Waals surface area contributed by atoms with Gasteiger partial charge in [0, 0.05) is 13.1 Å². The lowest BCUT2D eigenvalue weighted by Crippen LogP contribution is -2.36. The zero-order chi connectivity index (χ0) is 17.8. The molecule has 0 saturated carbocycles. The highest BCUT2D eigenvalue weighted by Crippen LogP contribution is 2.33. The maximum absolute atomic E-state index is 12.6. The molecule has 1 unspecified atom stereocenters. The molecule has 0 radical (unpaired) electrons. The molecule has 1 heterocycles. The molecule has 134 valence electrons. The molecular weight excluding hydrogens is 328 g/mol. The third-order valence-corrected chi connectivity index (χ3v) is 4.53. The fourth-order valence-corrected chi connectivity index (χ4v) is 3.35. The molecule has 0 fully saturated rings. The number of nitrogens with zero attached hydrogens (tertiary/aromatic N) is 1. The van der Waals surface area contributed by atoms with Gasteiger partial charge in [-0.15, -0.1) is 0 Å². The Morgan fingerprint density at radius 2 is 2.00 bits per heavy atom. The molecule has 1 aliphatic heterocycles. The predicted octanol–water partition coefficient (Wildman–Crippen LogP) is 3.39. The summed E-state index contributed by atoms with van der Waals surface area (Å²) in [5, 5.41) is 9.86. The van der Waals surface area contributed by atoms with E-state index in [-0.39, 0.29) is 24.1 Å². The van der Waals surface area contributed by atoms with Crippen LogP contribution in [0.1, 0.15) is 22.7 Å². The number of halogens is 2. The number of aliphatic hydroxyl groups is 1. The van der Waals surface area contributed by atoms with Gasteiger partial charge in [0.1, 0.15) is 0 Å². The van der Waals surface area contributed by atoms with Crippen LogP contribution in [-0.4, -0.2) is 36.9 Å². The van der Waals surface area contributed by atoms with E-state index in [0.717, 1.165) is 24.1 Å². The van der Waals surface area contributed by atoms with E-state index in [1.54, 1.807) is 12.1 Å². The van der Waals surface area contributed by atoms with E-state index in [0.29, 0.717) is 6.54 Å². The van der Waals surface area contributed by atoms with Gasteiger partial charge in [0.05, 0.1) is 19.8 Å². The van der Waals surface area contributed by atoms with Crippen LogP contribution in [0.25, 0.3) is 0 Å². The number of benzene rings is 2. The number of rotatable bonds is 6. The number of hydrogen-bond acceptors (Lipinski definition) is 4. The molecule has 2 aromatic rings. The van der Waals surface area contributed by atoms with Crippen LogP contribution < -0.4 is 9.47 Å². The average molecular weight is 349 g/mol. The third kappa shape index (κ3) is 3.91. The summed E-state index contributed by atoms with van der Waals surface area (Å²) >= 11 is 0. The maximum atomic E-state index is 12.6. The molecule has 0 saturated heterocycles. The zero-order valence-corrected chi connectivity index (χ0v) is 14.0. The fraction of sp³-hybridized carbons (Fsp3) is 0.368. The Morgan fingerprint density at radius 3 is 2.72 bits per heavy atom. The van der Waals surface area contributed by atoms with E-state index in [9.17, 15) is 13.9 Å². The van der Waals surface area contributed by atoms with Crippen molar-refractivity contribution >= 4 is 0 Å². The Labute approximate surface area is 145 Å². The number of methoxy groups -OCH3 is 1. The lowest BCUT2D eigenvalue weighted by atomic mass is 9.92. The van der Waals surface area contributed by atoms with Crippen LogP contribution in [0, 0.1) is 0 Å². The number of aliphatic hydroxyl groups excluding tert-OH is 1. The molecule has 0 amide bonds. The molecule has 0 spiro atoms. The minimum absolute atomic E-state index is 0.00750. The molecule has 0 bridgehead atoms. The van der Waals surface area contributed by atoms with Gasteiger partial charge in [-0.2, -0.15) is 8.78 Å². The molecule has 4 nitrogen and oxygen atoms in total. The van der Waals surface area contributed by atoms with Gasteiger partial charge in [-0.05, 0) is 35.2 Å². The van der Waals surface area contributed by atoms with Crippen LogP contribution in [0.5, 0.6) is 11.5 Å². The molecule has 1 aliphatic rings. The molecule has 6 heteroatoms. The van der Waals surface area contributed by atoms with Crippen LogP contribution in [0.4, 0.5) is 8.78 Å². The summed E-state index contributed by atoms with van der Waals surface area (Å²) in [7, 11) is 1.41. The molecule has 0 aromatic heterocycles. The van der Waals surface area contributed by atoms with Crippen molar-refractivity contribution in [2.24, 2.45) is 0 Å². The Balaban J connectivity index is 1.82. The first-order chi connectivity index (χ1) is 12.1. The van der Waals surface area contributed by atoms with Gasteiger partial charge in [-0.25, -0.2) is 0 Å². The highest BCUT2D eigenvalue weighted by molar-refractivity contribution is 5.43. The molecule has 25 heavy (non-hydrogen) atoms. The van der Waals surface area contributed by atoms with Crippen molar-refractivity contribution in [2.45, 2.75) is 25.6 Å². The predicted molar refractivity (Wildman–Crippen MR) is 90.0 cm³/mol. The Bertz CT molecular complexity index is 724. The van der Waals surface area contributed by atoms with Gasteiger partial charge in [0.15, 0.2) is 11.5 Å². The molecule has 1 N–H and O–H groups in total. The van der Waals surface area contributed by atoms with Crippen LogP contribution >= 0.6 is 0 Å². The summed E-state index contributed by atoms with van der Waals surface area (Å²) in [6.07, 6.45) is 0.892. The lowest BCUT2D eigenvalue weighted by molar-refractivity contribution is -0.0512. The summed E-state index contributed by atoms with van der Waals surface area (Å²) in [5.74, 6) is 0.291. The van der Waals surface area contributed by atoms with Gasteiger partial charge in [0.2, 0.25) is 0 Å². The van der Waals surface area contributed by atoms with E-state index in [1.165, 1.54) is 12.7 Å². The minimum Gasteiger partial charge on any atom is -0.493 e. The number of hydrogen-bond donors (Lipinski definition) is 1. The summed E-state index contributed by atoms with van der Waals surface area (Å²) in [4.78, 5) is 2.15. The van der Waals surface area contributed by atoms with Crippen molar-refractivity contribution < 1.29 is 23.4 Å². The summed E-state index contributed by atoms with van der Waals surface area (Å²) in [5.41, 5.74) is 3.19. The van der Waals surface area contributed by atoms with Crippen molar-refractivity contribution in [3.8, 4) is 11.5 Å². The monoisotopic (exact) mass is 349 g/mol. The molecular formula is C19H21F2NO3. The van der Waals surface area contributed by atoms with Gasteiger partial charge in [-0.3, -0.25) is 4.90 Å². The second kappa shape index (κ2) is 7.80. The van der Waals surface area contributed by atoms with E-state index >= 15 is 0 Å². The fourth-order valence-electron chi connectivity index (χ4n) is 3.35. The normalized spacial score (nSPS) is 17.4. The second-order valence-electron chi connectivity index (χ2n) is 5.98. The van der Waals surface area contributed by atoms with Gasteiger partial charge >= 0.3 is 6.61 Å². The summed E-state index contributed by atoms with van der Waals surface area (Å²) < 4.78 is 34.8. The molecule has 0 aliphatic carbocycles. The number of ether oxygens (including phenoxy) is 2. The second-order valence-corrected chi connectivity index (χ2v) is 5.98. The zero-order valence-electron chi connectivity index (χ0n) is 14.0. The van der Waals surface area contributed by atoms with Crippen LogP contribution in [0.3, 0.4) is 0 Å². The van der Waals surface area contributed by atoms with Gasteiger partial charge < -0.3 is 14.6 Å². The largest absolute Gasteiger partial charge is 0.493 e. The van der Waals surface area contributed by atoms with Crippen molar-refractivity contribution in [2.75, 3.05) is 20.3 Å². The highest BCUT2D eigenvalue weighted by Gasteiger charge is 2.26. The minimum atomic E-state index is -2.91. The summed E-state index contributed by atoms with van der Waals surface area (Å²) in [6, 6.07) is 13.0. The number of fused-ring (bicyclic) bond motifs is 1. The Hall–Kier alpha value is -2.18. The quantitative estimate of drug-likeness (QED) is 0.868. The first kappa shape index (κ1) is 17.6. The van der Waals surface area contributed by atoms with Crippen LogP contribution in [-0.2, 0) is 13.0 Å². The van der Waals surface area contributed by atoms with Crippen LogP contribution in [0.15, 0.2) is 42.5 Å². The van der Waals surface area contributed by atoms with Crippen LogP contribution in [0.2, 0.25) is 0 Å². The molecule has 2 aromatic carbocycles. The van der Waals surface area contributed by atoms with Gasteiger partial charge in [0.25, 0.3) is 0 Å².